The van der Waals surface area contributed by atoms with Gasteiger partial charge in [-0.05, 0) is 29.2 Å². The second-order valence-electron chi connectivity index (χ2n) is 6.94. The molecule has 1 fully saturated rings. The van der Waals surface area contributed by atoms with Gasteiger partial charge >= 0.3 is 0 Å². The van der Waals surface area contributed by atoms with Crippen LogP contribution in [-0.2, 0) is 24.2 Å². The van der Waals surface area contributed by atoms with Crippen molar-refractivity contribution in [2.24, 2.45) is 0 Å². The van der Waals surface area contributed by atoms with Crippen LogP contribution in [0, 0.1) is 0 Å². The fraction of sp³-hybridized carbons (Fsp3) is 0.318. The summed E-state index contributed by atoms with van der Waals surface area (Å²) in [4.78, 5) is 2.50. The van der Waals surface area contributed by atoms with Crippen LogP contribution in [0.25, 0.3) is 0 Å². The summed E-state index contributed by atoms with van der Waals surface area (Å²) in [5, 5.41) is 4.30. The van der Waals surface area contributed by atoms with Crippen molar-refractivity contribution in [2.45, 2.75) is 25.6 Å². The topological polar surface area (TPSA) is 30.3 Å². The molecule has 0 bridgehead atoms. The highest BCUT2D eigenvalue weighted by Gasteiger charge is 2.20. The molecular formula is C22H25N3O. The lowest BCUT2D eigenvalue weighted by molar-refractivity contribution is -0.0305. The molecule has 1 aliphatic heterocycles. The predicted molar refractivity (Wildman–Crippen MR) is 103 cm³/mol. The molecule has 1 aromatic heterocycles. The van der Waals surface area contributed by atoms with Gasteiger partial charge in [0.15, 0.2) is 0 Å². The average molecular weight is 347 g/mol. The molecule has 0 saturated carbocycles. The van der Waals surface area contributed by atoms with Gasteiger partial charge in [-0.2, -0.15) is 5.10 Å². The van der Waals surface area contributed by atoms with Crippen LogP contribution in [0.2, 0.25) is 0 Å². The average Bonchev–Trinajstić information content (AvgIpc) is 3.16. The van der Waals surface area contributed by atoms with Gasteiger partial charge in [0.05, 0.1) is 19.3 Å². The third-order valence-electron chi connectivity index (χ3n) is 4.83. The quantitative estimate of drug-likeness (QED) is 0.685. The van der Waals surface area contributed by atoms with Gasteiger partial charge in [0.25, 0.3) is 0 Å². The van der Waals surface area contributed by atoms with E-state index in [1.54, 1.807) is 0 Å². The first kappa shape index (κ1) is 17.0. The van der Waals surface area contributed by atoms with Gasteiger partial charge in [0.2, 0.25) is 0 Å². The number of rotatable bonds is 6. The number of benzene rings is 2. The maximum absolute atomic E-state index is 5.99. The summed E-state index contributed by atoms with van der Waals surface area (Å²) in [5.74, 6) is 0. The van der Waals surface area contributed by atoms with Gasteiger partial charge < -0.3 is 4.74 Å². The van der Waals surface area contributed by atoms with E-state index in [0.29, 0.717) is 0 Å². The summed E-state index contributed by atoms with van der Waals surface area (Å²) >= 11 is 0. The Morgan fingerprint density at radius 2 is 1.73 bits per heavy atom. The standard InChI is InChI=1S/C22H25N3O/c1-2-6-19(7-3-1)15-22-18-24(12-13-26-22)16-20-8-4-9-21(14-20)17-25-11-5-10-23-25/h1-11,14,22H,12-13,15-18H2. The molecule has 4 rings (SSSR count). The second-order valence-corrected chi connectivity index (χ2v) is 6.94. The molecular weight excluding hydrogens is 322 g/mol. The summed E-state index contributed by atoms with van der Waals surface area (Å²) in [7, 11) is 0. The third-order valence-corrected chi connectivity index (χ3v) is 4.83. The second kappa shape index (κ2) is 8.30. The molecule has 2 aromatic carbocycles. The predicted octanol–water partition coefficient (Wildman–Crippen LogP) is 3.37. The molecule has 3 aromatic rings. The van der Waals surface area contributed by atoms with E-state index in [2.05, 4.69) is 64.6 Å². The van der Waals surface area contributed by atoms with Crippen LogP contribution in [0.1, 0.15) is 16.7 Å². The van der Waals surface area contributed by atoms with Gasteiger partial charge in [-0.3, -0.25) is 9.58 Å². The lowest BCUT2D eigenvalue weighted by atomic mass is 10.1. The molecule has 4 heteroatoms. The van der Waals surface area contributed by atoms with Crippen molar-refractivity contribution < 1.29 is 4.74 Å². The Balaban J connectivity index is 1.36. The molecule has 0 N–H and O–H groups in total. The molecule has 1 aliphatic rings. The number of hydrogen-bond donors (Lipinski definition) is 0. The third kappa shape index (κ3) is 4.59. The van der Waals surface area contributed by atoms with E-state index in [9.17, 15) is 0 Å². The van der Waals surface area contributed by atoms with E-state index in [1.807, 2.05) is 23.1 Å². The maximum atomic E-state index is 5.99. The van der Waals surface area contributed by atoms with Crippen molar-refractivity contribution in [1.29, 1.82) is 0 Å². The zero-order chi connectivity index (χ0) is 17.6. The maximum Gasteiger partial charge on any atom is 0.0743 e. The SMILES string of the molecule is c1ccc(CC2CN(Cc3cccc(Cn4cccn4)c3)CCO2)cc1. The Kier molecular flexibility index (Phi) is 5.43. The highest BCUT2D eigenvalue weighted by atomic mass is 16.5. The smallest absolute Gasteiger partial charge is 0.0743 e. The van der Waals surface area contributed by atoms with E-state index in [4.69, 9.17) is 4.74 Å². The Bertz CT molecular complexity index is 801. The van der Waals surface area contributed by atoms with E-state index in [1.165, 1.54) is 16.7 Å². The van der Waals surface area contributed by atoms with Crippen LogP contribution in [-0.4, -0.2) is 40.5 Å². The first-order valence-electron chi connectivity index (χ1n) is 9.28. The fourth-order valence-electron chi connectivity index (χ4n) is 3.59. The first-order valence-corrected chi connectivity index (χ1v) is 9.28. The van der Waals surface area contributed by atoms with Crippen molar-refractivity contribution >= 4 is 0 Å². The van der Waals surface area contributed by atoms with Crippen LogP contribution in [0.4, 0.5) is 0 Å². The molecule has 0 aliphatic carbocycles. The molecule has 1 saturated heterocycles. The molecule has 0 amide bonds. The minimum atomic E-state index is 0.276. The van der Waals surface area contributed by atoms with Gasteiger partial charge in [0.1, 0.15) is 0 Å². The molecule has 2 heterocycles. The van der Waals surface area contributed by atoms with Crippen LogP contribution < -0.4 is 0 Å². The van der Waals surface area contributed by atoms with Crippen molar-refractivity contribution in [2.75, 3.05) is 19.7 Å². The molecule has 4 nitrogen and oxygen atoms in total. The van der Waals surface area contributed by atoms with Gasteiger partial charge in [-0.15, -0.1) is 0 Å². The molecule has 1 atom stereocenters. The Hall–Kier alpha value is -2.43. The van der Waals surface area contributed by atoms with E-state index in [0.717, 1.165) is 39.2 Å². The highest BCUT2D eigenvalue weighted by molar-refractivity contribution is 5.24. The zero-order valence-electron chi connectivity index (χ0n) is 15.0. The number of morpholine rings is 1. The van der Waals surface area contributed by atoms with E-state index < -0.39 is 0 Å². The van der Waals surface area contributed by atoms with Gasteiger partial charge in [0, 0.05) is 32.0 Å². The number of hydrogen-bond acceptors (Lipinski definition) is 3. The lowest BCUT2D eigenvalue weighted by Crippen LogP contribution is -2.42. The molecule has 134 valence electrons. The molecule has 1 unspecified atom stereocenters. The molecule has 0 radical (unpaired) electrons. The summed E-state index contributed by atoms with van der Waals surface area (Å²) in [6, 6.07) is 21.4. The largest absolute Gasteiger partial charge is 0.375 e. The van der Waals surface area contributed by atoms with E-state index in [-0.39, 0.29) is 6.10 Å². The van der Waals surface area contributed by atoms with Crippen molar-refractivity contribution in [3.63, 3.8) is 0 Å². The van der Waals surface area contributed by atoms with Crippen molar-refractivity contribution in [3.05, 3.63) is 89.7 Å². The fourth-order valence-corrected chi connectivity index (χ4v) is 3.59. The number of nitrogens with zero attached hydrogens (tertiary/aromatic N) is 3. The normalized spacial score (nSPS) is 18.1. The van der Waals surface area contributed by atoms with E-state index >= 15 is 0 Å². The summed E-state index contributed by atoms with van der Waals surface area (Å²) in [5.41, 5.74) is 4.00. The number of aromatic nitrogens is 2. The summed E-state index contributed by atoms with van der Waals surface area (Å²) < 4.78 is 7.95. The van der Waals surface area contributed by atoms with Gasteiger partial charge in [-0.1, -0.05) is 54.6 Å². The molecule has 26 heavy (non-hydrogen) atoms. The van der Waals surface area contributed by atoms with Crippen LogP contribution in [0.15, 0.2) is 73.1 Å². The van der Waals surface area contributed by atoms with Crippen LogP contribution in [0.5, 0.6) is 0 Å². The Morgan fingerprint density at radius 3 is 2.54 bits per heavy atom. The summed E-state index contributed by atoms with van der Waals surface area (Å²) in [6.45, 7) is 4.58. The lowest BCUT2D eigenvalue weighted by Gasteiger charge is -2.33. The molecule has 0 spiro atoms. The Morgan fingerprint density at radius 1 is 0.923 bits per heavy atom. The monoisotopic (exact) mass is 347 g/mol. The minimum Gasteiger partial charge on any atom is -0.375 e. The number of ether oxygens (including phenoxy) is 1. The van der Waals surface area contributed by atoms with Crippen LogP contribution in [0.3, 0.4) is 0 Å². The zero-order valence-corrected chi connectivity index (χ0v) is 15.0. The first-order chi connectivity index (χ1) is 12.8. The van der Waals surface area contributed by atoms with Crippen molar-refractivity contribution in [3.8, 4) is 0 Å². The Labute approximate surface area is 155 Å². The minimum absolute atomic E-state index is 0.276. The van der Waals surface area contributed by atoms with Gasteiger partial charge in [-0.25, -0.2) is 0 Å². The highest BCUT2D eigenvalue weighted by Crippen LogP contribution is 2.15. The summed E-state index contributed by atoms with van der Waals surface area (Å²) in [6.07, 6.45) is 5.09. The van der Waals surface area contributed by atoms with Crippen molar-refractivity contribution in [1.82, 2.24) is 14.7 Å². The van der Waals surface area contributed by atoms with Crippen LogP contribution >= 0.6 is 0 Å².